The number of hydrogen-bond acceptors (Lipinski definition) is 4. The van der Waals surface area contributed by atoms with Crippen LogP contribution in [-0.4, -0.2) is 53.5 Å². The number of methoxy groups -OCH3 is 1. The van der Waals surface area contributed by atoms with Crippen LogP contribution in [0.4, 0.5) is 0 Å². The summed E-state index contributed by atoms with van der Waals surface area (Å²) in [5.74, 6) is 1.58. The second-order valence-corrected chi connectivity index (χ2v) is 9.12. The number of nitrogens with zero attached hydrogens (tertiary/aromatic N) is 3. The van der Waals surface area contributed by atoms with E-state index < -0.39 is 0 Å². The van der Waals surface area contributed by atoms with Crippen LogP contribution in [0, 0.1) is 5.92 Å². The molecule has 1 aromatic heterocycles. The second-order valence-electron chi connectivity index (χ2n) is 9.12. The zero-order chi connectivity index (χ0) is 21.9. The standard InChI is InChI=1S/C27H31N3O2/c1-32-26-10-3-2-7-22(26)16-27(31)30-14-5-4-8-23-18-29(19-25(23)30)17-20-11-12-24-21(15-20)9-6-13-28-24/h2-3,6-7,9-13,15,23,25H,4-5,8,14,16-19H2,1H3/t23-,25+/m0/s1. The second kappa shape index (κ2) is 9.29. The van der Waals surface area contributed by atoms with Crippen LogP contribution in [0.2, 0.25) is 0 Å². The molecular formula is C27H31N3O2. The molecule has 2 saturated heterocycles. The Labute approximate surface area is 190 Å². The van der Waals surface area contributed by atoms with Crippen LogP contribution in [0.5, 0.6) is 5.75 Å². The summed E-state index contributed by atoms with van der Waals surface area (Å²) in [4.78, 5) is 22.5. The molecule has 3 heterocycles. The van der Waals surface area contributed by atoms with Crippen molar-refractivity contribution < 1.29 is 9.53 Å². The Hall–Kier alpha value is -2.92. The number of carbonyl (C=O) groups excluding carboxylic acids is 1. The molecule has 0 spiro atoms. The summed E-state index contributed by atoms with van der Waals surface area (Å²) in [5, 5.41) is 1.19. The van der Waals surface area contributed by atoms with Crippen LogP contribution < -0.4 is 4.74 Å². The van der Waals surface area contributed by atoms with Gasteiger partial charge in [0.2, 0.25) is 5.91 Å². The fourth-order valence-corrected chi connectivity index (χ4v) is 5.47. The number of fused-ring (bicyclic) bond motifs is 2. The minimum Gasteiger partial charge on any atom is -0.496 e. The molecule has 5 rings (SSSR count). The van der Waals surface area contributed by atoms with Crippen molar-refractivity contribution in [3.8, 4) is 5.75 Å². The summed E-state index contributed by atoms with van der Waals surface area (Å²) in [6, 6.07) is 18.8. The van der Waals surface area contributed by atoms with Crippen molar-refractivity contribution in [2.24, 2.45) is 5.92 Å². The van der Waals surface area contributed by atoms with Gasteiger partial charge >= 0.3 is 0 Å². The summed E-state index contributed by atoms with van der Waals surface area (Å²) >= 11 is 0. The molecule has 0 bridgehead atoms. The molecule has 0 saturated carbocycles. The van der Waals surface area contributed by atoms with E-state index in [0.29, 0.717) is 18.4 Å². The van der Waals surface area contributed by atoms with Crippen LogP contribution in [0.15, 0.2) is 60.8 Å². The summed E-state index contributed by atoms with van der Waals surface area (Å²) in [6.07, 6.45) is 5.76. The molecule has 5 nitrogen and oxygen atoms in total. The van der Waals surface area contributed by atoms with Crippen molar-refractivity contribution in [2.75, 3.05) is 26.7 Å². The Morgan fingerprint density at radius 2 is 2.00 bits per heavy atom. The molecular weight excluding hydrogens is 398 g/mol. The van der Waals surface area contributed by atoms with Gasteiger partial charge < -0.3 is 9.64 Å². The van der Waals surface area contributed by atoms with Crippen LogP contribution in [-0.2, 0) is 17.8 Å². The molecule has 0 N–H and O–H groups in total. The van der Waals surface area contributed by atoms with E-state index in [1.54, 1.807) is 7.11 Å². The average molecular weight is 430 g/mol. The highest BCUT2D eigenvalue weighted by molar-refractivity contribution is 5.80. The first kappa shape index (κ1) is 21.0. The number of benzene rings is 2. The van der Waals surface area contributed by atoms with Crippen molar-refractivity contribution in [1.29, 1.82) is 0 Å². The van der Waals surface area contributed by atoms with Crippen molar-refractivity contribution in [3.63, 3.8) is 0 Å². The molecule has 5 heteroatoms. The lowest BCUT2D eigenvalue weighted by Crippen LogP contribution is -2.45. The number of carbonyl (C=O) groups is 1. The average Bonchev–Trinajstić information content (AvgIpc) is 3.10. The third-order valence-electron chi connectivity index (χ3n) is 7.03. The Morgan fingerprint density at radius 3 is 2.91 bits per heavy atom. The zero-order valence-electron chi connectivity index (χ0n) is 18.7. The maximum Gasteiger partial charge on any atom is 0.227 e. The van der Waals surface area contributed by atoms with Gasteiger partial charge in [-0.1, -0.05) is 36.8 Å². The molecule has 2 fully saturated rings. The Bertz CT molecular complexity index is 1100. The van der Waals surface area contributed by atoms with E-state index in [9.17, 15) is 4.79 Å². The number of pyridine rings is 1. The van der Waals surface area contributed by atoms with Crippen LogP contribution in [0.25, 0.3) is 10.9 Å². The minimum absolute atomic E-state index is 0.227. The maximum absolute atomic E-state index is 13.4. The quantitative estimate of drug-likeness (QED) is 0.607. The smallest absolute Gasteiger partial charge is 0.227 e. The summed E-state index contributed by atoms with van der Waals surface area (Å²) in [7, 11) is 1.67. The molecule has 166 valence electrons. The molecule has 2 atom stereocenters. The highest BCUT2D eigenvalue weighted by atomic mass is 16.5. The number of ether oxygens (including phenoxy) is 1. The van der Waals surface area contributed by atoms with E-state index in [0.717, 1.165) is 49.4 Å². The summed E-state index contributed by atoms with van der Waals surface area (Å²) < 4.78 is 5.48. The van der Waals surface area contributed by atoms with Crippen LogP contribution in [0.1, 0.15) is 30.4 Å². The molecule has 2 aromatic carbocycles. The summed E-state index contributed by atoms with van der Waals surface area (Å²) in [5.41, 5.74) is 3.32. The van der Waals surface area contributed by atoms with Crippen molar-refractivity contribution in [3.05, 3.63) is 71.9 Å². The molecule has 2 aliphatic rings. The van der Waals surface area contributed by atoms with E-state index in [2.05, 4.69) is 39.0 Å². The zero-order valence-corrected chi connectivity index (χ0v) is 18.7. The van der Waals surface area contributed by atoms with Gasteiger partial charge in [-0.25, -0.2) is 0 Å². The lowest BCUT2D eigenvalue weighted by molar-refractivity contribution is -0.133. The van der Waals surface area contributed by atoms with Crippen LogP contribution >= 0.6 is 0 Å². The van der Waals surface area contributed by atoms with Crippen molar-refractivity contribution in [1.82, 2.24) is 14.8 Å². The molecule has 0 aliphatic carbocycles. The van der Waals surface area contributed by atoms with E-state index in [1.807, 2.05) is 36.5 Å². The lowest BCUT2D eigenvalue weighted by Gasteiger charge is -2.30. The molecule has 0 radical (unpaired) electrons. The molecule has 0 unspecified atom stereocenters. The lowest BCUT2D eigenvalue weighted by atomic mass is 9.98. The summed E-state index contributed by atoms with van der Waals surface area (Å²) in [6.45, 7) is 3.80. The highest BCUT2D eigenvalue weighted by Crippen LogP contribution is 2.32. The number of aromatic nitrogens is 1. The Balaban J connectivity index is 1.30. The monoisotopic (exact) mass is 429 g/mol. The molecule has 2 aliphatic heterocycles. The fraction of sp³-hybridized carbons (Fsp3) is 0.407. The van der Waals surface area contributed by atoms with Gasteiger partial charge in [-0.3, -0.25) is 14.7 Å². The molecule has 32 heavy (non-hydrogen) atoms. The van der Waals surface area contributed by atoms with Gasteiger partial charge in [0.25, 0.3) is 0 Å². The third kappa shape index (κ3) is 4.35. The Kier molecular flexibility index (Phi) is 6.08. The first-order valence-corrected chi connectivity index (χ1v) is 11.7. The first-order chi connectivity index (χ1) is 15.7. The fourth-order valence-electron chi connectivity index (χ4n) is 5.47. The van der Waals surface area contributed by atoms with E-state index in [4.69, 9.17) is 4.74 Å². The maximum atomic E-state index is 13.4. The van der Waals surface area contributed by atoms with Gasteiger partial charge in [0.05, 0.1) is 19.0 Å². The third-order valence-corrected chi connectivity index (χ3v) is 7.03. The minimum atomic E-state index is 0.227. The van der Waals surface area contributed by atoms with E-state index >= 15 is 0 Å². The predicted molar refractivity (Wildman–Crippen MR) is 127 cm³/mol. The SMILES string of the molecule is COc1ccccc1CC(=O)N1CCCC[C@H]2CN(Cc3ccc4ncccc4c3)C[C@H]21. The van der Waals surface area contributed by atoms with Crippen molar-refractivity contribution >= 4 is 16.8 Å². The number of para-hydroxylation sites is 1. The van der Waals surface area contributed by atoms with E-state index in [1.165, 1.54) is 23.8 Å². The predicted octanol–water partition coefficient (Wildman–Crippen LogP) is 4.30. The van der Waals surface area contributed by atoms with Gasteiger partial charge in [0, 0.05) is 49.4 Å². The van der Waals surface area contributed by atoms with Gasteiger partial charge in [0.15, 0.2) is 0 Å². The van der Waals surface area contributed by atoms with E-state index in [-0.39, 0.29) is 5.91 Å². The number of amides is 1. The first-order valence-electron chi connectivity index (χ1n) is 11.7. The van der Waals surface area contributed by atoms with Crippen molar-refractivity contribution in [2.45, 2.75) is 38.3 Å². The number of likely N-dealkylation sites (tertiary alicyclic amines) is 2. The van der Waals surface area contributed by atoms with Crippen LogP contribution in [0.3, 0.4) is 0 Å². The largest absolute Gasteiger partial charge is 0.496 e. The highest BCUT2D eigenvalue weighted by Gasteiger charge is 2.39. The normalized spacial score (nSPS) is 21.3. The van der Waals surface area contributed by atoms with Gasteiger partial charge in [0.1, 0.15) is 5.75 Å². The number of rotatable bonds is 5. The molecule has 3 aromatic rings. The topological polar surface area (TPSA) is 45.7 Å². The van der Waals surface area contributed by atoms with Gasteiger partial charge in [-0.15, -0.1) is 0 Å². The Morgan fingerprint density at radius 1 is 1.09 bits per heavy atom. The molecule has 1 amide bonds. The van der Waals surface area contributed by atoms with Gasteiger partial charge in [-0.05, 0) is 48.6 Å². The number of hydrogen-bond donors (Lipinski definition) is 0. The van der Waals surface area contributed by atoms with Gasteiger partial charge in [-0.2, -0.15) is 0 Å².